The van der Waals surface area contributed by atoms with Crippen LogP contribution >= 0.6 is 0 Å². The van der Waals surface area contributed by atoms with Gasteiger partial charge in [-0.05, 0) is 30.9 Å². The minimum absolute atomic E-state index is 0.0624. The Morgan fingerprint density at radius 1 is 1.20 bits per heavy atom. The Hall–Kier alpha value is -1.91. The van der Waals surface area contributed by atoms with Crippen LogP contribution in [0.1, 0.15) is 44.1 Å². The molecule has 2 heterocycles. The van der Waals surface area contributed by atoms with Gasteiger partial charge in [0.25, 0.3) is 0 Å². The van der Waals surface area contributed by atoms with Crippen LogP contribution < -0.4 is 5.32 Å². The van der Waals surface area contributed by atoms with Crippen LogP contribution in [0.2, 0.25) is 0 Å². The van der Waals surface area contributed by atoms with E-state index in [1.807, 2.05) is 24.3 Å². The van der Waals surface area contributed by atoms with Crippen molar-refractivity contribution in [1.82, 2.24) is 4.31 Å². The molecule has 2 fully saturated rings. The highest BCUT2D eigenvalue weighted by atomic mass is 32.2. The zero-order valence-corrected chi connectivity index (χ0v) is 14.8. The smallest absolute Gasteiger partial charge is 0.236 e. The summed E-state index contributed by atoms with van der Waals surface area (Å²) >= 11 is 0. The molecule has 1 amide bonds. The van der Waals surface area contributed by atoms with Crippen molar-refractivity contribution in [2.45, 2.75) is 55.2 Å². The molecule has 4 rings (SSSR count). The number of hydrogen-bond acceptors (Lipinski definition) is 4. The van der Waals surface area contributed by atoms with Crippen LogP contribution in [0, 0.1) is 11.3 Å². The summed E-state index contributed by atoms with van der Waals surface area (Å²) in [7, 11) is -3.58. The Bertz CT molecular complexity index is 855. The number of benzene rings is 1. The molecule has 1 N–H and O–H groups in total. The highest BCUT2D eigenvalue weighted by Crippen LogP contribution is 2.47. The molecule has 1 aromatic carbocycles. The summed E-state index contributed by atoms with van der Waals surface area (Å²) in [6, 6.07) is 8.71. The molecule has 0 radical (unpaired) electrons. The number of nitriles is 1. The lowest BCUT2D eigenvalue weighted by Crippen LogP contribution is -2.44. The number of sulfonamides is 1. The summed E-state index contributed by atoms with van der Waals surface area (Å²) in [6.07, 6.45) is 4.39. The number of nitrogens with one attached hydrogen (secondary N) is 1. The number of hydrogen-bond donors (Lipinski definition) is 1. The van der Waals surface area contributed by atoms with Crippen molar-refractivity contribution in [1.29, 1.82) is 5.26 Å². The van der Waals surface area contributed by atoms with Crippen molar-refractivity contribution in [2.24, 2.45) is 0 Å². The van der Waals surface area contributed by atoms with Gasteiger partial charge < -0.3 is 5.32 Å². The zero-order valence-electron chi connectivity index (χ0n) is 13.9. The van der Waals surface area contributed by atoms with Gasteiger partial charge in [0.15, 0.2) is 0 Å². The maximum atomic E-state index is 13.2. The minimum Gasteiger partial charge on any atom is -0.325 e. The summed E-state index contributed by atoms with van der Waals surface area (Å²) in [4.78, 5) is 12.7. The van der Waals surface area contributed by atoms with Gasteiger partial charge in [0.2, 0.25) is 15.9 Å². The average Bonchev–Trinajstić information content (AvgIpc) is 3.16. The number of carbonyl (C=O) groups excluding carboxylic acids is 1. The first kappa shape index (κ1) is 16.6. The molecule has 1 saturated carbocycles. The first-order valence-electron chi connectivity index (χ1n) is 8.80. The van der Waals surface area contributed by atoms with Crippen LogP contribution in [0.5, 0.6) is 0 Å². The van der Waals surface area contributed by atoms with E-state index in [2.05, 4.69) is 11.4 Å². The van der Waals surface area contributed by atoms with Gasteiger partial charge >= 0.3 is 0 Å². The topological polar surface area (TPSA) is 90.3 Å². The third kappa shape index (κ3) is 2.39. The van der Waals surface area contributed by atoms with Gasteiger partial charge in [-0.25, -0.2) is 8.42 Å². The molecular weight excluding hydrogens is 338 g/mol. The van der Waals surface area contributed by atoms with E-state index in [9.17, 15) is 18.5 Å². The maximum absolute atomic E-state index is 13.2. The second-order valence-electron chi connectivity index (χ2n) is 7.28. The van der Waals surface area contributed by atoms with Gasteiger partial charge in [-0.3, -0.25) is 4.79 Å². The lowest BCUT2D eigenvalue weighted by atomic mass is 9.80. The number of anilines is 1. The van der Waals surface area contributed by atoms with Crippen molar-refractivity contribution >= 4 is 21.6 Å². The molecule has 7 heteroatoms. The third-order valence-electron chi connectivity index (χ3n) is 5.89. The van der Waals surface area contributed by atoms with Crippen molar-refractivity contribution in [3.05, 3.63) is 29.8 Å². The monoisotopic (exact) mass is 359 g/mol. The molecule has 0 bridgehead atoms. The summed E-state index contributed by atoms with van der Waals surface area (Å²) in [5.41, 5.74) is 0.585. The standard InChI is InChI=1S/C18H21N3O3S/c19-11-13-10-18(15-8-4-5-9-16(15)20-17(18)22)12-21(13)25(23,24)14-6-2-1-3-7-14/h4-5,8-9,13-14H,1-3,6-7,10,12H2,(H,20,22)/t13-,18-/m0/s1. The predicted octanol–water partition coefficient (Wildman–Crippen LogP) is 2.14. The van der Waals surface area contributed by atoms with Crippen LogP contribution in [-0.4, -0.2) is 36.5 Å². The molecular formula is C18H21N3O3S. The van der Waals surface area contributed by atoms with Gasteiger partial charge in [-0.15, -0.1) is 0 Å². The average molecular weight is 359 g/mol. The molecule has 1 saturated heterocycles. The molecule has 2 aliphatic heterocycles. The van der Waals surface area contributed by atoms with Crippen molar-refractivity contribution in [3.63, 3.8) is 0 Å². The predicted molar refractivity (Wildman–Crippen MR) is 93.3 cm³/mol. The molecule has 132 valence electrons. The minimum atomic E-state index is -3.58. The van der Waals surface area contributed by atoms with E-state index < -0.39 is 26.7 Å². The first-order chi connectivity index (χ1) is 12.0. The van der Waals surface area contributed by atoms with Gasteiger partial charge in [-0.1, -0.05) is 37.5 Å². The van der Waals surface area contributed by atoms with Crippen LogP contribution in [-0.2, 0) is 20.2 Å². The van der Waals surface area contributed by atoms with Gasteiger partial charge in [0.1, 0.15) is 6.04 Å². The molecule has 25 heavy (non-hydrogen) atoms. The van der Waals surface area contributed by atoms with Crippen molar-refractivity contribution in [3.8, 4) is 6.07 Å². The maximum Gasteiger partial charge on any atom is 0.236 e. The molecule has 1 aliphatic carbocycles. The highest BCUT2D eigenvalue weighted by molar-refractivity contribution is 7.89. The van der Waals surface area contributed by atoms with E-state index in [0.29, 0.717) is 12.8 Å². The SMILES string of the molecule is N#C[C@@H]1C[C@@]2(CN1S(=O)(=O)C1CCCCC1)C(=O)Nc1ccccc12. The van der Waals surface area contributed by atoms with E-state index in [4.69, 9.17) is 0 Å². The van der Waals surface area contributed by atoms with Crippen LogP contribution in [0.3, 0.4) is 0 Å². The van der Waals surface area contributed by atoms with Crippen molar-refractivity contribution < 1.29 is 13.2 Å². The molecule has 0 aromatic heterocycles. The lowest BCUT2D eigenvalue weighted by Gasteiger charge is -2.29. The molecule has 6 nitrogen and oxygen atoms in total. The summed E-state index contributed by atoms with van der Waals surface area (Å²) < 4.78 is 27.6. The van der Waals surface area contributed by atoms with Gasteiger partial charge in [-0.2, -0.15) is 9.57 Å². The molecule has 1 spiro atoms. The number of para-hydroxylation sites is 1. The van der Waals surface area contributed by atoms with E-state index in [1.165, 1.54) is 4.31 Å². The Labute approximate surface area is 147 Å². The first-order valence-corrected chi connectivity index (χ1v) is 10.3. The number of fused-ring (bicyclic) bond motifs is 2. The lowest BCUT2D eigenvalue weighted by molar-refractivity contribution is -0.120. The molecule has 2 atom stereocenters. The van der Waals surface area contributed by atoms with Crippen LogP contribution in [0.4, 0.5) is 5.69 Å². The number of amides is 1. The Morgan fingerprint density at radius 3 is 2.64 bits per heavy atom. The van der Waals surface area contributed by atoms with E-state index in [0.717, 1.165) is 30.5 Å². The second-order valence-corrected chi connectivity index (χ2v) is 9.45. The van der Waals surface area contributed by atoms with E-state index >= 15 is 0 Å². The summed E-state index contributed by atoms with van der Waals surface area (Å²) in [5, 5.41) is 12.0. The number of rotatable bonds is 2. The molecule has 1 aromatic rings. The quantitative estimate of drug-likeness (QED) is 0.876. The fourth-order valence-electron chi connectivity index (χ4n) is 4.54. The normalized spacial score (nSPS) is 30.2. The Balaban J connectivity index is 1.72. The number of nitrogens with zero attached hydrogens (tertiary/aromatic N) is 2. The highest BCUT2D eigenvalue weighted by Gasteiger charge is 2.58. The number of carbonyl (C=O) groups is 1. The molecule has 0 unspecified atom stereocenters. The largest absolute Gasteiger partial charge is 0.325 e. The Morgan fingerprint density at radius 2 is 1.92 bits per heavy atom. The van der Waals surface area contributed by atoms with E-state index in [-0.39, 0.29) is 18.9 Å². The summed E-state index contributed by atoms with van der Waals surface area (Å²) in [6.45, 7) is 0.0624. The fraction of sp³-hybridized carbons (Fsp3) is 0.556. The second kappa shape index (κ2) is 5.82. The Kier molecular flexibility index (Phi) is 3.85. The van der Waals surface area contributed by atoms with E-state index in [1.54, 1.807) is 0 Å². The van der Waals surface area contributed by atoms with Gasteiger partial charge in [0, 0.05) is 12.2 Å². The third-order valence-corrected chi connectivity index (χ3v) is 8.24. The van der Waals surface area contributed by atoms with Crippen LogP contribution in [0.15, 0.2) is 24.3 Å². The molecule has 3 aliphatic rings. The zero-order chi connectivity index (χ0) is 17.7. The summed E-state index contributed by atoms with van der Waals surface area (Å²) in [5.74, 6) is -0.199. The van der Waals surface area contributed by atoms with Crippen LogP contribution in [0.25, 0.3) is 0 Å². The van der Waals surface area contributed by atoms with Gasteiger partial charge in [0.05, 0.1) is 16.7 Å². The fourth-order valence-corrected chi connectivity index (χ4v) is 6.73. The van der Waals surface area contributed by atoms with Crippen molar-refractivity contribution in [2.75, 3.05) is 11.9 Å².